The van der Waals surface area contributed by atoms with Crippen LogP contribution in [0.3, 0.4) is 0 Å². The third kappa shape index (κ3) is 13.5. The van der Waals surface area contributed by atoms with Crippen molar-refractivity contribution in [2.45, 2.75) is 77.4 Å². The summed E-state index contributed by atoms with van der Waals surface area (Å²) in [6.45, 7) is 2.24. The van der Waals surface area contributed by atoms with Crippen LogP contribution in [0.4, 0.5) is 0 Å². The van der Waals surface area contributed by atoms with Crippen LogP contribution in [-0.2, 0) is 0 Å². The molecule has 0 aliphatic rings. The van der Waals surface area contributed by atoms with Gasteiger partial charge in [0.1, 0.15) is 0 Å². The zero-order valence-electron chi connectivity index (χ0n) is 10.5. The minimum Gasteiger partial charge on any atom is -0.358 e. The molecule has 0 saturated carbocycles. The molecule has 0 atom stereocenters. The lowest BCUT2D eigenvalue weighted by atomic mass is 10.1. The van der Waals surface area contributed by atoms with Crippen LogP contribution in [0.25, 0.3) is 0 Å². The van der Waals surface area contributed by atoms with Crippen molar-refractivity contribution in [3.8, 4) is 11.8 Å². The molecule has 0 saturated heterocycles. The Kier molecular flexibility index (Phi) is 12.1. The molecule has 0 rings (SSSR count). The van der Waals surface area contributed by atoms with Crippen LogP contribution in [0.15, 0.2) is 0 Å². The molecule has 0 aromatic rings. The van der Waals surface area contributed by atoms with Crippen molar-refractivity contribution in [2.24, 2.45) is 0 Å². The average molecular weight is 226 g/mol. The molecule has 0 aromatic carbocycles. The highest BCUT2D eigenvalue weighted by Crippen LogP contribution is 2.10. The fraction of sp³-hybridized carbons (Fsp3) is 0.857. The first-order valence-corrected chi connectivity index (χ1v) is 6.62. The molecule has 2 N–H and O–H groups in total. The molecule has 2 nitrogen and oxygen atoms in total. The molecule has 0 radical (unpaired) electrons. The van der Waals surface area contributed by atoms with E-state index in [9.17, 15) is 0 Å². The normalized spacial score (nSPS) is 10.2. The highest BCUT2D eigenvalue weighted by atomic mass is 16.5. The lowest BCUT2D eigenvalue weighted by Crippen LogP contribution is -1.97. The third-order valence-electron chi connectivity index (χ3n) is 2.64. The summed E-state index contributed by atoms with van der Waals surface area (Å²) in [7, 11) is 0. The van der Waals surface area contributed by atoms with Gasteiger partial charge in [0, 0.05) is 6.42 Å². The van der Waals surface area contributed by atoms with Gasteiger partial charge in [-0.2, -0.15) is 0 Å². The molecule has 0 bridgehead atoms. The van der Waals surface area contributed by atoms with E-state index < -0.39 is 6.29 Å². The molecule has 0 heterocycles. The molecule has 0 spiro atoms. The Morgan fingerprint density at radius 3 is 1.81 bits per heavy atom. The van der Waals surface area contributed by atoms with Gasteiger partial charge in [-0.05, 0) is 12.3 Å². The Hall–Kier alpha value is -0.520. The summed E-state index contributed by atoms with van der Waals surface area (Å²) in [4.78, 5) is 0. The molecule has 0 unspecified atom stereocenters. The van der Waals surface area contributed by atoms with E-state index in [1.807, 2.05) is 0 Å². The van der Waals surface area contributed by atoms with Gasteiger partial charge in [-0.15, -0.1) is 0 Å². The second kappa shape index (κ2) is 12.5. The molecule has 16 heavy (non-hydrogen) atoms. The number of hydrogen-bond donors (Lipinski definition) is 2. The number of aliphatic hydroxyl groups is 2. The Morgan fingerprint density at radius 2 is 1.31 bits per heavy atom. The quantitative estimate of drug-likeness (QED) is 0.360. The van der Waals surface area contributed by atoms with Crippen molar-refractivity contribution in [3.63, 3.8) is 0 Å². The second-order valence-electron chi connectivity index (χ2n) is 4.27. The molecule has 0 fully saturated rings. The van der Waals surface area contributed by atoms with Crippen molar-refractivity contribution < 1.29 is 10.2 Å². The van der Waals surface area contributed by atoms with Crippen molar-refractivity contribution in [2.75, 3.05) is 0 Å². The van der Waals surface area contributed by atoms with Gasteiger partial charge in [-0.3, -0.25) is 0 Å². The van der Waals surface area contributed by atoms with Crippen molar-refractivity contribution in [3.05, 3.63) is 0 Å². The summed E-state index contributed by atoms with van der Waals surface area (Å²) < 4.78 is 0. The first-order chi connectivity index (χ1) is 7.77. The van der Waals surface area contributed by atoms with E-state index in [0.29, 0.717) is 0 Å². The average Bonchev–Trinajstić information content (AvgIpc) is 2.25. The van der Waals surface area contributed by atoms with Crippen molar-refractivity contribution in [1.29, 1.82) is 0 Å². The SMILES string of the molecule is CCCCCCCCCCCC#CC(O)O. The monoisotopic (exact) mass is 226 g/mol. The Morgan fingerprint density at radius 1 is 0.812 bits per heavy atom. The van der Waals surface area contributed by atoms with Gasteiger partial charge >= 0.3 is 0 Å². The highest BCUT2D eigenvalue weighted by Gasteiger charge is 1.91. The van der Waals surface area contributed by atoms with Gasteiger partial charge in [0.25, 0.3) is 0 Å². The van der Waals surface area contributed by atoms with Crippen LogP contribution in [0.5, 0.6) is 0 Å². The van der Waals surface area contributed by atoms with Gasteiger partial charge in [-0.25, -0.2) is 0 Å². The molecule has 2 heteroatoms. The van der Waals surface area contributed by atoms with Crippen molar-refractivity contribution in [1.82, 2.24) is 0 Å². The number of aliphatic hydroxyl groups excluding tert-OH is 1. The molecular formula is C14H26O2. The molecule has 0 amide bonds. The predicted octanol–water partition coefficient (Wildman–Crippen LogP) is 3.22. The summed E-state index contributed by atoms with van der Waals surface area (Å²) in [5, 5.41) is 17.0. The maximum atomic E-state index is 8.48. The maximum Gasteiger partial charge on any atom is 0.217 e. The standard InChI is InChI=1S/C14H26O2/c1-2-3-4-5-6-7-8-9-10-11-12-13-14(15)16/h14-16H,2-11H2,1H3. The Labute approximate surface area is 100 Å². The van der Waals surface area contributed by atoms with E-state index in [-0.39, 0.29) is 0 Å². The van der Waals surface area contributed by atoms with Crippen LogP contribution < -0.4 is 0 Å². The zero-order chi connectivity index (χ0) is 12.1. The van der Waals surface area contributed by atoms with Crippen LogP contribution in [0.1, 0.15) is 71.1 Å². The van der Waals surface area contributed by atoms with E-state index in [2.05, 4.69) is 18.8 Å². The fourth-order valence-corrected chi connectivity index (χ4v) is 1.69. The molecule has 94 valence electrons. The first kappa shape index (κ1) is 15.5. The van der Waals surface area contributed by atoms with Crippen LogP contribution in [0.2, 0.25) is 0 Å². The van der Waals surface area contributed by atoms with Gasteiger partial charge in [0.15, 0.2) is 0 Å². The van der Waals surface area contributed by atoms with E-state index in [0.717, 1.165) is 12.8 Å². The van der Waals surface area contributed by atoms with Gasteiger partial charge in [-0.1, -0.05) is 64.2 Å². The van der Waals surface area contributed by atoms with E-state index in [1.54, 1.807) is 0 Å². The largest absolute Gasteiger partial charge is 0.358 e. The van der Waals surface area contributed by atoms with Gasteiger partial charge in [0.05, 0.1) is 0 Å². The Balaban J connectivity index is 3.02. The predicted molar refractivity (Wildman–Crippen MR) is 67.8 cm³/mol. The topological polar surface area (TPSA) is 40.5 Å². The number of unbranched alkanes of at least 4 members (excludes halogenated alkanes) is 9. The minimum atomic E-state index is -1.46. The van der Waals surface area contributed by atoms with Crippen LogP contribution >= 0.6 is 0 Å². The summed E-state index contributed by atoms with van der Waals surface area (Å²) in [6.07, 6.45) is 11.1. The molecule has 0 aliphatic heterocycles. The number of rotatable bonds is 9. The molecule has 0 aromatic heterocycles. The maximum absolute atomic E-state index is 8.48. The zero-order valence-corrected chi connectivity index (χ0v) is 10.5. The first-order valence-electron chi connectivity index (χ1n) is 6.62. The third-order valence-corrected chi connectivity index (χ3v) is 2.64. The fourth-order valence-electron chi connectivity index (χ4n) is 1.69. The van der Waals surface area contributed by atoms with Gasteiger partial charge in [0.2, 0.25) is 6.29 Å². The summed E-state index contributed by atoms with van der Waals surface area (Å²) >= 11 is 0. The highest BCUT2D eigenvalue weighted by molar-refractivity contribution is 5.00. The van der Waals surface area contributed by atoms with E-state index in [4.69, 9.17) is 10.2 Å². The van der Waals surface area contributed by atoms with Crippen molar-refractivity contribution >= 4 is 0 Å². The summed E-state index contributed by atoms with van der Waals surface area (Å²) in [5.41, 5.74) is 0. The lowest BCUT2D eigenvalue weighted by Gasteiger charge is -2.00. The summed E-state index contributed by atoms with van der Waals surface area (Å²) in [5.74, 6) is 5.09. The van der Waals surface area contributed by atoms with Crippen LogP contribution in [-0.4, -0.2) is 16.5 Å². The van der Waals surface area contributed by atoms with Crippen LogP contribution in [0, 0.1) is 11.8 Å². The smallest absolute Gasteiger partial charge is 0.217 e. The molecule has 0 aliphatic carbocycles. The summed E-state index contributed by atoms with van der Waals surface area (Å²) in [6, 6.07) is 0. The Bertz CT molecular complexity index is 189. The van der Waals surface area contributed by atoms with Gasteiger partial charge < -0.3 is 10.2 Å². The number of hydrogen-bond acceptors (Lipinski definition) is 2. The van der Waals surface area contributed by atoms with E-state index in [1.165, 1.54) is 51.4 Å². The molecular weight excluding hydrogens is 200 g/mol. The second-order valence-corrected chi connectivity index (χ2v) is 4.27. The minimum absolute atomic E-state index is 0.785. The van der Waals surface area contributed by atoms with E-state index >= 15 is 0 Å². The lowest BCUT2D eigenvalue weighted by molar-refractivity contribution is 0.0107.